The van der Waals surface area contributed by atoms with Crippen LogP contribution in [-0.2, 0) is 26.4 Å². The summed E-state index contributed by atoms with van der Waals surface area (Å²) in [5.74, 6) is 0.285. The van der Waals surface area contributed by atoms with Crippen LogP contribution in [0.25, 0.3) is 0 Å². The van der Waals surface area contributed by atoms with Gasteiger partial charge in [0.05, 0.1) is 5.69 Å². The van der Waals surface area contributed by atoms with E-state index in [1.54, 1.807) is 0 Å². The number of aromatic nitrogens is 3. The van der Waals surface area contributed by atoms with Gasteiger partial charge in [-0.05, 0) is 24.0 Å². The molecule has 4 nitrogen and oxygen atoms in total. The van der Waals surface area contributed by atoms with Gasteiger partial charge in [-0.2, -0.15) is 5.10 Å². The van der Waals surface area contributed by atoms with Crippen molar-refractivity contribution >= 4 is 5.78 Å². The highest BCUT2D eigenvalue weighted by atomic mass is 16.1. The number of nitrogens with zero attached hydrogens (tertiary/aromatic N) is 3. The average Bonchev–Trinajstić information content (AvgIpc) is 2.92. The molecular formula is C16H21N3O. The van der Waals surface area contributed by atoms with Crippen molar-refractivity contribution in [3.63, 3.8) is 0 Å². The molecule has 20 heavy (non-hydrogen) atoms. The molecular weight excluding hydrogens is 250 g/mol. The summed E-state index contributed by atoms with van der Waals surface area (Å²) in [6.07, 6.45) is 6.55. The number of Topliss-reactive ketones (excluding diaryl/α,β-unsaturated/α-hetero) is 1. The lowest BCUT2D eigenvalue weighted by molar-refractivity contribution is 0.0910. The molecule has 2 heterocycles. The summed E-state index contributed by atoms with van der Waals surface area (Å²) >= 11 is 0. The van der Waals surface area contributed by atoms with Crippen LogP contribution in [0.2, 0.25) is 0 Å². The van der Waals surface area contributed by atoms with Gasteiger partial charge in [-0.3, -0.25) is 9.48 Å². The Hall–Kier alpha value is -1.84. The fourth-order valence-electron chi connectivity index (χ4n) is 3.04. The number of ketones is 1. The van der Waals surface area contributed by atoms with Crippen molar-refractivity contribution < 1.29 is 4.79 Å². The summed E-state index contributed by atoms with van der Waals surface area (Å²) in [7, 11) is 1.93. The number of hydrogen-bond donors (Lipinski definition) is 0. The Balaban J connectivity index is 1.80. The van der Waals surface area contributed by atoms with E-state index in [2.05, 4.69) is 23.5 Å². The second-order valence-electron chi connectivity index (χ2n) is 6.54. The summed E-state index contributed by atoms with van der Waals surface area (Å²) in [4.78, 5) is 12.2. The molecule has 0 radical (unpaired) electrons. The first kappa shape index (κ1) is 13.2. The van der Waals surface area contributed by atoms with Crippen molar-refractivity contribution in [3.05, 3.63) is 41.5 Å². The van der Waals surface area contributed by atoms with Crippen molar-refractivity contribution in [1.29, 1.82) is 0 Å². The van der Waals surface area contributed by atoms with Crippen LogP contribution < -0.4 is 0 Å². The first-order chi connectivity index (χ1) is 9.44. The van der Waals surface area contributed by atoms with Crippen LogP contribution in [0.1, 0.15) is 42.0 Å². The molecule has 0 fully saturated rings. The molecule has 0 atom stereocenters. The fraction of sp³-hybridized carbons (Fsp3) is 0.500. The Kier molecular flexibility index (Phi) is 3.04. The first-order valence-electron chi connectivity index (χ1n) is 7.14. The van der Waals surface area contributed by atoms with E-state index in [0.29, 0.717) is 6.42 Å². The predicted octanol–water partition coefficient (Wildman–Crippen LogP) is 2.62. The lowest BCUT2D eigenvalue weighted by Crippen LogP contribution is -2.28. The topological polar surface area (TPSA) is 39.8 Å². The van der Waals surface area contributed by atoms with Crippen molar-refractivity contribution in [2.75, 3.05) is 0 Å². The standard InChI is InChI=1S/C16H21N3O/c1-16(2)10-14-13(15(20)11-16)6-9-19(14)8-5-12-4-7-18(3)17-12/h4,6-7,9H,5,8,10-11H2,1-3H3. The minimum Gasteiger partial charge on any atom is -0.350 e. The molecule has 2 aromatic heterocycles. The van der Waals surface area contributed by atoms with Gasteiger partial charge < -0.3 is 4.57 Å². The van der Waals surface area contributed by atoms with Gasteiger partial charge in [-0.1, -0.05) is 13.8 Å². The third kappa shape index (κ3) is 2.42. The fourth-order valence-corrected chi connectivity index (χ4v) is 3.04. The molecule has 0 aliphatic heterocycles. The maximum Gasteiger partial charge on any atom is 0.165 e. The average molecular weight is 271 g/mol. The zero-order valence-corrected chi connectivity index (χ0v) is 12.4. The van der Waals surface area contributed by atoms with E-state index in [-0.39, 0.29) is 11.2 Å². The smallest absolute Gasteiger partial charge is 0.165 e. The van der Waals surface area contributed by atoms with Gasteiger partial charge in [0.2, 0.25) is 0 Å². The molecule has 0 N–H and O–H groups in total. The van der Waals surface area contributed by atoms with Crippen LogP contribution >= 0.6 is 0 Å². The molecule has 2 aromatic rings. The van der Waals surface area contributed by atoms with Crippen molar-refractivity contribution in [2.24, 2.45) is 12.5 Å². The Bertz CT molecular complexity index is 648. The largest absolute Gasteiger partial charge is 0.350 e. The van der Waals surface area contributed by atoms with Gasteiger partial charge in [-0.15, -0.1) is 0 Å². The minimum atomic E-state index is 0.0746. The molecule has 0 bridgehead atoms. The van der Waals surface area contributed by atoms with Crippen LogP contribution in [0, 0.1) is 5.41 Å². The third-order valence-electron chi connectivity index (χ3n) is 4.04. The van der Waals surface area contributed by atoms with E-state index in [0.717, 1.165) is 30.6 Å². The molecule has 0 spiro atoms. The zero-order chi connectivity index (χ0) is 14.3. The summed E-state index contributed by atoms with van der Waals surface area (Å²) in [5.41, 5.74) is 3.29. The molecule has 3 rings (SSSR count). The van der Waals surface area contributed by atoms with Gasteiger partial charge in [0, 0.05) is 50.1 Å². The number of carbonyl (C=O) groups excluding carboxylic acids is 1. The highest BCUT2D eigenvalue weighted by Gasteiger charge is 2.32. The van der Waals surface area contributed by atoms with Crippen LogP contribution in [0.3, 0.4) is 0 Å². The predicted molar refractivity (Wildman–Crippen MR) is 77.8 cm³/mol. The Morgan fingerprint density at radius 1 is 1.25 bits per heavy atom. The quantitative estimate of drug-likeness (QED) is 0.861. The summed E-state index contributed by atoms with van der Waals surface area (Å²) in [5, 5.41) is 4.40. The van der Waals surface area contributed by atoms with Crippen LogP contribution in [0.15, 0.2) is 24.5 Å². The maximum absolute atomic E-state index is 12.2. The molecule has 0 unspecified atom stereocenters. The van der Waals surface area contributed by atoms with E-state index in [1.165, 1.54) is 5.69 Å². The number of fused-ring (bicyclic) bond motifs is 1. The van der Waals surface area contributed by atoms with Crippen LogP contribution in [-0.4, -0.2) is 20.1 Å². The summed E-state index contributed by atoms with van der Waals surface area (Å²) < 4.78 is 4.05. The van der Waals surface area contributed by atoms with E-state index < -0.39 is 0 Å². The Morgan fingerprint density at radius 3 is 2.75 bits per heavy atom. The molecule has 1 aliphatic rings. The van der Waals surface area contributed by atoms with E-state index in [1.807, 2.05) is 36.3 Å². The Labute approximate surface area is 119 Å². The van der Waals surface area contributed by atoms with E-state index >= 15 is 0 Å². The van der Waals surface area contributed by atoms with Crippen molar-refractivity contribution in [3.8, 4) is 0 Å². The van der Waals surface area contributed by atoms with E-state index in [9.17, 15) is 4.79 Å². The number of hydrogen-bond acceptors (Lipinski definition) is 2. The normalized spacial score (nSPS) is 17.2. The third-order valence-corrected chi connectivity index (χ3v) is 4.04. The molecule has 106 valence electrons. The monoisotopic (exact) mass is 271 g/mol. The van der Waals surface area contributed by atoms with Crippen LogP contribution in [0.5, 0.6) is 0 Å². The highest BCUT2D eigenvalue weighted by molar-refractivity contribution is 5.98. The zero-order valence-electron chi connectivity index (χ0n) is 12.4. The molecule has 1 aliphatic carbocycles. The lowest BCUT2D eigenvalue weighted by atomic mass is 9.76. The first-order valence-corrected chi connectivity index (χ1v) is 7.14. The van der Waals surface area contributed by atoms with Gasteiger partial charge in [0.25, 0.3) is 0 Å². The van der Waals surface area contributed by atoms with E-state index in [4.69, 9.17) is 0 Å². The number of rotatable bonds is 3. The minimum absolute atomic E-state index is 0.0746. The van der Waals surface area contributed by atoms with Crippen molar-refractivity contribution in [2.45, 2.75) is 39.7 Å². The second-order valence-corrected chi connectivity index (χ2v) is 6.54. The SMILES string of the molecule is Cn1ccc(CCn2ccc3c2CC(C)(C)CC3=O)n1. The molecule has 4 heteroatoms. The molecule has 0 amide bonds. The second kappa shape index (κ2) is 4.62. The molecule has 0 aromatic carbocycles. The van der Waals surface area contributed by atoms with Gasteiger partial charge >= 0.3 is 0 Å². The van der Waals surface area contributed by atoms with Gasteiger partial charge in [0.15, 0.2) is 5.78 Å². The molecule has 0 saturated heterocycles. The summed E-state index contributed by atoms with van der Waals surface area (Å²) in [6, 6.07) is 4.02. The highest BCUT2D eigenvalue weighted by Crippen LogP contribution is 2.35. The number of carbonyl (C=O) groups is 1. The van der Waals surface area contributed by atoms with Gasteiger partial charge in [-0.25, -0.2) is 0 Å². The van der Waals surface area contributed by atoms with Gasteiger partial charge in [0.1, 0.15) is 0 Å². The maximum atomic E-state index is 12.2. The summed E-state index contributed by atoms with van der Waals surface area (Å²) in [6.45, 7) is 5.23. The Morgan fingerprint density at radius 2 is 2.05 bits per heavy atom. The lowest BCUT2D eigenvalue weighted by Gasteiger charge is -2.29. The molecule has 0 saturated carbocycles. The van der Waals surface area contributed by atoms with Crippen LogP contribution in [0.4, 0.5) is 0 Å². The number of aryl methyl sites for hydroxylation is 3. The van der Waals surface area contributed by atoms with Crippen molar-refractivity contribution in [1.82, 2.24) is 14.3 Å².